The van der Waals surface area contributed by atoms with Gasteiger partial charge in [-0.15, -0.1) is 0 Å². The number of methoxy groups -OCH3 is 1. The van der Waals surface area contributed by atoms with E-state index in [4.69, 9.17) is 4.74 Å². The maximum absolute atomic E-state index is 13.1. The average molecular weight is 414 g/mol. The molecule has 0 fully saturated rings. The number of nitrogens with zero attached hydrogens (tertiary/aromatic N) is 3. The third-order valence-corrected chi connectivity index (χ3v) is 5.10. The second-order valence-electron chi connectivity index (χ2n) is 7.79. The smallest absolute Gasteiger partial charge is 0.242 e. The minimum atomic E-state index is -0.0435. The van der Waals surface area contributed by atoms with Crippen LogP contribution in [-0.2, 0) is 27.4 Å². The van der Waals surface area contributed by atoms with Gasteiger partial charge in [-0.1, -0.05) is 37.3 Å². The quantitative estimate of drug-likeness (QED) is 0.535. The van der Waals surface area contributed by atoms with Gasteiger partial charge in [-0.3, -0.25) is 9.59 Å². The number of hydrogen-bond acceptors (Lipinski definition) is 3. The molecule has 0 N–H and O–H groups in total. The molecule has 6 heteroatoms. The Morgan fingerprint density at radius 1 is 1.07 bits per heavy atom. The fraction of sp³-hybridized carbons (Fsp3) is 0.500. The van der Waals surface area contributed by atoms with Crippen molar-refractivity contribution >= 4 is 11.8 Å². The lowest BCUT2D eigenvalue weighted by atomic mass is 10.2. The van der Waals surface area contributed by atoms with Gasteiger partial charge in [0.2, 0.25) is 11.8 Å². The van der Waals surface area contributed by atoms with Crippen molar-refractivity contribution < 1.29 is 14.3 Å². The molecule has 30 heavy (non-hydrogen) atoms. The summed E-state index contributed by atoms with van der Waals surface area (Å²) in [5.41, 5.74) is 2.29. The second kappa shape index (κ2) is 12.2. The van der Waals surface area contributed by atoms with Crippen LogP contribution in [0.5, 0.6) is 0 Å². The van der Waals surface area contributed by atoms with E-state index in [0.29, 0.717) is 26.1 Å². The van der Waals surface area contributed by atoms with Crippen LogP contribution in [0.1, 0.15) is 44.9 Å². The molecule has 0 radical (unpaired) electrons. The predicted octanol–water partition coefficient (Wildman–Crippen LogP) is 3.55. The van der Waals surface area contributed by atoms with Gasteiger partial charge in [-0.05, 0) is 38.0 Å². The first-order valence-corrected chi connectivity index (χ1v) is 10.7. The number of rotatable bonds is 12. The molecular formula is C24H35N3O3. The zero-order valence-electron chi connectivity index (χ0n) is 18.7. The molecule has 1 aromatic carbocycles. The zero-order chi connectivity index (χ0) is 21.9. The van der Waals surface area contributed by atoms with Gasteiger partial charge in [0.15, 0.2) is 0 Å². The third kappa shape index (κ3) is 7.02. The van der Waals surface area contributed by atoms with E-state index in [1.165, 1.54) is 5.56 Å². The molecule has 2 amide bonds. The number of carbonyl (C=O) groups excluding carboxylic acids is 2. The fourth-order valence-electron chi connectivity index (χ4n) is 3.38. The molecule has 2 rings (SSSR count). The van der Waals surface area contributed by atoms with Crippen molar-refractivity contribution in [2.45, 2.75) is 52.7 Å². The molecule has 0 atom stereocenters. The van der Waals surface area contributed by atoms with Crippen molar-refractivity contribution in [3.63, 3.8) is 0 Å². The normalized spacial score (nSPS) is 11.0. The van der Waals surface area contributed by atoms with E-state index in [1.54, 1.807) is 12.0 Å². The average Bonchev–Trinajstić information content (AvgIpc) is 3.16. The maximum atomic E-state index is 13.1. The molecule has 0 saturated carbocycles. The summed E-state index contributed by atoms with van der Waals surface area (Å²) in [6.07, 6.45) is 3.25. The zero-order valence-corrected chi connectivity index (χ0v) is 18.7. The minimum absolute atomic E-state index is 0.000871. The Labute approximate surface area is 180 Å². The predicted molar refractivity (Wildman–Crippen MR) is 119 cm³/mol. The molecule has 0 unspecified atom stereocenters. The lowest BCUT2D eigenvalue weighted by Gasteiger charge is -2.30. The molecule has 0 bridgehead atoms. The Morgan fingerprint density at radius 2 is 1.80 bits per heavy atom. The Bertz CT molecular complexity index is 786. The monoisotopic (exact) mass is 413 g/mol. The van der Waals surface area contributed by atoms with Crippen molar-refractivity contribution in [2.75, 3.05) is 26.8 Å². The second-order valence-corrected chi connectivity index (χ2v) is 7.79. The first-order chi connectivity index (χ1) is 14.5. The highest BCUT2D eigenvalue weighted by Crippen LogP contribution is 2.13. The molecule has 6 nitrogen and oxygen atoms in total. The Balaban J connectivity index is 2.10. The summed E-state index contributed by atoms with van der Waals surface area (Å²) in [7, 11) is 1.60. The summed E-state index contributed by atoms with van der Waals surface area (Å²) >= 11 is 0. The van der Waals surface area contributed by atoms with E-state index in [-0.39, 0.29) is 24.4 Å². The summed E-state index contributed by atoms with van der Waals surface area (Å²) in [5.74, 6) is -0.0444. The van der Waals surface area contributed by atoms with Crippen molar-refractivity contribution in [1.29, 1.82) is 0 Å². The molecule has 1 aromatic heterocycles. The molecule has 164 valence electrons. The summed E-state index contributed by atoms with van der Waals surface area (Å²) in [6, 6.07) is 14.4. The summed E-state index contributed by atoms with van der Waals surface area (Å²) in [6.45, 7) is 8.19. The highest BCUT2D eigenvalue weighted by Gasteiger charge is 2.23. The van der Waals surface area contributed by atoms with Crippen LogP contribution in [0.15, 0.2) is 48.7 Å². The molecule has 2 aromatic rings. The molecule has 0 aliphatic carbocycles. The topological polar surface area (TPSA) is 54.8 Å². The summed E-state index contributed by atoms with van der Waals surface area (Å²) < 4.78 is 7.30. The highest BCUT2D eigenvalue weighted by atomic mass is 16.5. The maximum Gasteiger partial charge on any atom is 0.242 e. The highest BCUT2D eigenvalue weighted by molar-refractivity contribution is 5.85. The molecule has 0 spiro atoms. The van der Waals surface area contributed by atoms with Gasteiger partial charge < -0.3 is 19.1 Å². The molecule has 0 aliphatic rings. The van der Waals surface area contributed by atoms with Gasteiger partial charge in [-0.2, -0.15) is 0 Å². The minimum Gasteiger partial charge on any atom is -0.383 e. The van der Waals surface area contributed by atoms with Gasteiger partial charge in [0, 0.05) is 44.6 Å². The summed E-state index contributed by atoms with van der Waals surface area (Å²) in [5, 5.41) is 0. The van der Waals surface area contributed by atoms with Crippen LogP contribution >= 0.6 is 0 Å². The third-order valence-electron chi connectivity index (χ3n) is 5.10. The van der Waals surface area contributed by atoms with Crippen molar-refractivity contribution in [3.8, 4) is 0 Å². The van der Waals surface area contributed by atoms with E-state index in [9.17, 15) is 9.59 Å². The molecule has 1 heterocycles. The number of ether oxygens (including phenoxy) is 1. The summed E-state index contributed by atoms with van der Waals surface area (Å²) in [4.78, 5) is 29.1. The van der Waals surface area contributed by atoms with Crippen LogP contribution < -0.4 is 0 Å². The van der Waals surface area contributed by atoms with E-state index in [0.717, 1.165) is 18.7 Å². The van der Waals surface area contributed by atoms with E-state index in [2.05, 4.69) is 22.8 Å². The van der Waals surface area contributed by atoms with Crippen LogP contribution in [0, 0.1) is 0 Å². The van der Waals surface area contributed by atoms with Crippen molar-refractivity contribution in [3.05, 3.63) is 59.9 Å². The van der Waals surface area contributed by atoms with Gasteiger partial charge >= 0.3 is 0 Å². The standard InChI is InChI=1S/C24H35N3O3/c1-5-10-23(28)26(15-16-30-4)19-24(29)27(20(2)3)18-22-13-9-14-25(22)17-21-11-7-6-8-12-21/h6-9,11-14,20H,5,10,15-19H2,1-4H3. The van der Waals surface area contributed by atoms with Gasteiger partial charge in [-0.25, -0.2) is 0 Å². The largest absolute Gasteiger partial charge is 0.383 e. The number of carbonyl (C=O) groups is 2. The number of benzene rings is 1. The number of aromatic nitrogens is 1. The first kappa shape index (κ1) is 23.7. The Morgan fingerprint density at radius 3 is 2.43 bits per heavy atom. The first-order valence-electron chi connectivity index (χ1n) is 10.7. The molecular weight excluding hydrogens is 378 g/mol. The molecule has 0 saturated heterocycles. The number of hydrogen-bond donors (Lipinski definition) is 0. The van der Waals surface area contributed by atoms with E-state index >= 15 is 0 Å². The van der Waals surface area contributed by atoms with Crippen molar-refractivity contribution in [1.82, 2.24) is 14.4 Å². The van der Waals surface area contributed by atoms with Crippen LogP contribution in [0.4, 0.5) is 0 Å². The van der Waals surface area contributed by atoms with Crippen LogP contribution in [0.25, 0.3) is 0 Å². The number of amides is 2. The SMILES string of the molecule is CCCC(=O)N(CCOC)CC(=O)N(Cc1cccn1Cc1ccccc1)C(C)C. The lowest BCUT2D eigenvalue weighted by molar-refractivity contribution is -0.142. The van der Waals surface area contributed by atoms with Crippen molar-refractivity contribution in [2.24, 2.45) is 0 Å². The Hall–Kier alpha value is -2.60. The lowest BCUT2D eigenvalue weighted by Crippen LogP contribution is -2.46. The van der Waals surface area contributed by atoms with Gasteiger partial charge in [0.05, 0.1) is 19.7 Å². The van der Waals surface area contributed by atoms with Gasteiger partial charge in [0.1, 0.15) is 0 Å². The van der Waals surface area contributed by atoms with Crippen LogP contribution in [0.2, 0.25) is 0 Å². The van der Waals surface area contributed by atoms with Crippen LogP contribution in [0.3, 0.4) is 0 Å². The fourth-order valence-corrected chi connectivity index (χ4v) is 3.38. The van der Waals surface area contributed by atoms with Gasteiger partial charge in [0.25, 0.3) is 0 Å². The Kier molecular flexibility index (Phi) is 9.61. The van der Waals surface area contributed by atoms with E-state index < -0.39 is 0 Å². The van der Waals surface area contributed by atoms with Crippen LogP contribution in [-0.4, -0.2) is 59.0 Å². The molecule has 0 aliphatic heterocycles. The van der Waals surface area contributed by atoms with E-state index in [1.807, 2.05) is 56.1 Å².